The number of Topliss-reactive ketones (excluding diaryl/α,β-unsaturated/α-hetero) is 1. The third kappa shape index (κ3) is 5.82. The maximum Gasteiger partial charge on any atom is 0.331 e. The van der Waals surface area contributed by atoms with Crippen LogP contribution in [0.2, 0.25) is 0 Å². The number of hydrogen-bond donors (Lipinski definition) is 1. The predicted octanol–water partition coefficient (Wildman–Crippen LogP) is 2.77. The van der Waals surface area contributed by atoms with E-state index in [4.69, 9.17) is 9.84 Å². The van der Waals surface area contributed by atoms with Gasteiger partial charge in [0.1, 0.15) is 18.1 Å². The minimum atomic E-state index is -0.569. The maximum absolute atomic E-state index is 12.2. The average molecular weight is 355 g/mol. The van der Waals surface area contributed by atoms with Gasteiger partial charge in [0.15, 0.2) is 0 Å². The van der Waals surface area contributed by atoms with Crippen molar-refractivity contribution in [3.8, 4) is 5.75 Å². The van der Waals surface area contributed by atoms with Crippen molar-refractivity contribution in [2.24, 2.45) is 5.16 Å². The Morgan fingerprint density at radius 2 is 1.54 bits per heavy atom. The molecule has 0 spiro atoms. The number of ketones is 1. The number of aliphatic hydroxyl groups excluding tert-OH is 1. The zero-order chi connectivity index (χ0) is 18.9. The fourth-order valence-corrected chi connectivity index (χ4v) is 2.26. The molecule has 136 valence electrons. The van der Waals surface area contributed by atoms with Gasteiger partial charge in [-0.25, -0.2) is 4.79 Å². The Hall–Kier alpha value is -2.99. The zero-order valence-corrected chi connectivity index (χ0v) is 14.8. The van der Waals surface area contributed by atoms with Crippen LogP contribution in [-0.4, -0.2) is 35.8 Å². The first-order chi connectivity index (χ1) is 12.5. The molecule has 0 saturated carbocycles. The molecule has 0 aliphatic heterocycles. The molecule has 0 fully saturated rings. The van der Waals surface area contributed by atoms with Crippen molar-refractivity contribution in [2.45, 2.75) is 20.3 Å². The van der Waals surface area contributed by atoms with Crippen LogP contribution >= 0.6 is 0 Å². The van der Waals surface area contributed by atoms with Gasteiger partial charge in [-0.15, -0.1) is 0 Å². The summed E-state index contributed by atoms with van der Waals surface area (Å²) >= 11 is 0. The Morgan fingerprint density at radius 3 is 2.08 bits per heavy atom. The Balaban J connectivity index is 1.99. The summed E-state index contributed by atoms with van der Waals surface area (Å²) in [5, 5.41) is 12.3. The molecule has 0 saturated heterocycles. The van der Waals surface area contributed by atoms with Crippen LogP contribution in [0.25, 0.3) is 0 Å². The van der Waals surface area contributed by atoms with E-state index in [1.807, 2.05) is 36.4 Å². The highest BCUT2D eigenvalue weighted by molar-refractivity contribution is 6.45. The highest BCUT2D eigenvalue weighted by atomic mass is 16.7. The summed E-state index contributed by atoms with van der Waals surface area (Å²) in [6.07, 6.45) is 0.718. The molecule has 0 heterocycles. The van der Waals surface area contributed by atoms with E-state index in [0.717, 1.165) is 17.5 Å². The molecule has 1 N–H and O–H groups in total. The normalized spacial score (nSPS) is 11.1. The molecule has 0 bridgehead atoms. The molecule has 0 aromatic heterocycles. The lowest BCUT2D eigenvalue weighted by molar-refractivity contribution is -0.140. The van der Waals surface area contributed by atoms with Crippen LogP contribution in [0.4, 0.5) is 0 Å². The predicted molar refractivity (Wildman–Crippen MR) is 97.5 cm³/mol. The van der Waals surface area contributed by atoms with Crippen molar-refractivity contribution in [3.63, 3.8) is 0 Å². The third-order valence-corrected chi connectivity index (χ3v) is 3.55. The largest absolute Gasteiger partial charge is 0.491 e. The summed E-state index contributed by atoms with van der Waals surface area (Å²) in [5.74, 6) is -0.144. The molecular weight excluding hydrogens is 334 g/mol. The van der Waals surface area contributed by atoms with Crippen LogP contribution in [0.5, 0.6) is 5.75 Å². The molecule has 6 nitrogen and oxygen atoms in total. The standard InChI is InChI=1S/C20H21NO5/c1-14(21-26-15(2)23)20(24)18-7-3-16(4-8-18)13-17-5-9-19(10-6-17)25-12-11-22/h3-10,22H,11-13H2,1-2H3/b21-14+. The van der Waals surface area contributed by atoms with E-state index in [9.17, 15) is 9.59 Å². The van der Waals surface area contributed by atoms with Crippen molar-refractivity contribution in [3.05, 3.63) is 65.2 Å². The molecule has 6 heteroatoms. The maximum atomic E-state index is 12.2. The first kappa shape index (κ1) is 19.3. The molecule has 0 aliphatic carbocycles. The number of nitrogens with zero attached hydrogens (tertiary/aromatic N) is 1. The van der Waals surface area contributed by atoms with Crippen LogP contribution in [-0.2, 0) is 16.1 Å². The average Bonchev–Trinajstić information content (AvgIpc) is 2.65. The van der Waals surface area contributed by atoms with Gasteiger partial charge in [-0.3, -0.25) is 4.79 Å². The minimum Gasteiger partial charge on any atom is -0.491 e. The van der Waals surface area contributed by atoms with Crippen LogP contribution < -0.4 is 4.74 Å². The molecule has 0 radical (unpaired) electrons. The highest BCUT2D eigenvalue weighted by Crippen LogP contribution is 2.16. The van der Waals surface area contributed by atoms with E-state index in [-0.39, 0.29) is 24.7 Å². The molecule has 2 aromatic carbocycles. The van der Waals surface area contributed by atoms with Crippen molar-refractivity contribution in [2.75, 3.05) is 13.2 Å². The number of carbonyl (C=O) groups is 2. The lowest BCUT2D eigenvalue weighted by atomic mass is 10.0. The molecule has 0 unspecified atom stereocenters. The molecule has 0 aliphatic rings. The summed E-state index contributed by atoms with van der Waals surface area (Å²) in [4.78, 5) is 27.4. The number of oxime groups is 1. The van der Waals surface area contributed by atoms with E-state index < -0.39 is 5.97 Å². The second-order valence-corrected chi connectivity index (χ2v) is 5.68. The molecule has 2 aromatic rings. The van der Waals surface area contributed by atoms with Gasteiger partial charge >= 0.3 is 5.97 Å². The van der Waals surface area contributed by atoms with Gasteiger partial charge in [0.25, 0.3) is 0 Å². The van der Waals surface area contributed by atoms with Gasteiger partial charge in [0, 0.05) is 12.5 Å². The van der Waals surface area contributed by atoms with Crippen LogP contribution in [0, 0.1) is 0 Å². The molecule has 26 heavy (non-hydrogen) atoms. The summed E-state index contributed by atoms with van der Waals surface area (Å²) in [5.41, 5.74) is 2.76. The summed E-state index contributed by atoms with van der Waals surface area (Å²) in [6, 6.07) is 14.8. The van der Waals surface area contributed by atoms with Gasteiger partial charge in [-0.2, -0.15) is 0 Å². The summed E-state index contributed by atoms with van der Waals surface area (Å²) in [6.45, 7) is 2.98. The lowest BCUT2D eigenvalue weighted by Gasteiger charge is -2.07. The summed E-state index contributed by atoms with van der Waals surface area (Å²) < 4.78 is 5.33. The molecule has 0 atom stereocenters. The van der Waals surface area contributed by atoms with Crippen molar-refractivity contribution in [1.29, 1.82) is 0 Å². The topological polar surface area (TPSA) is 85.2 Å². The van der Waals surface area contributed by atoms with Crippen molar-refractivity contribution in [1.82, 2.24) is 0 Å². The molecule has 2 rings (SSSR count). The number of ether oxygens (including phenoxy) is 1. The summed E-state index contributed by atoms with van der Waals surface area (Å²) in [7, 11) is 0. The fourth-order valence-electron chi connectivity index (χ4n) is 2.26. The molecular formula is C20H21NO5. The third-order valence-electron chi connectivity index (χ3n) is 3.55. The van der Waals surface area contributed by atoms with Crippen molar-refractivity contribution < 1.29 is 24.3 Å². The Bertz CT molecular complexity index is 779. The monoisotopic (exact) mass is 355 g/mol. The van der Waals surface area contributed by atoms with Gasteiger partial charge < -0.3 is 14.7 Å². The lowest BCUT2D eigenvalue weighted by Crippen LogP contribution is -2.12. The molecule has 0 amide bonds. The van der Waals surface area contributed by atoms with Gasteiger partial charge in [0.2, 0.25) is 5.78 Å². The number of carbonyl (C=O) groups excluding carboxylic acids is 2. The SMILES string of the molecule is CC(=O)O/N=C(\C)C(=O)c1ccc(Cc2ccc(OCCO)cc2)cc1. The Kier molecular flexibility index (Phi) is 7.05. The van der Waals surface area contributed by atoms with E-state index in [2.05, 4.69) is 9.99 Å². The van der Waals surface area contributed by atoms with E-state index in [1.165, 1.54) is 13.8 Å². The van der Waals surface area contributed by atoms with Crippen LogP contribution in [0.1, 0.15) is 35.3 Å². The van der Waals surface area contributed by atoms with Gasteiger partial charge in [-0.05, 0) is 36.6 Å². The fraction of sp³-hybridized carbons (Fsp3) is 0.250. The van der Waals surface area contributed by atoms with Crippen molar-refractivity contribution >= 4 is 17.5 Å². The van der Waals surface area contributed by atoms with E-state index in [0.29, 0.717) is 11.3 Å². The van der Waals surface area contributed by atoms with Gasteiger partial charge in [-0.1, -0.05) is 41.6 Å². The number of aliphatic hydroxyl groups is 1. The van der Waals surface area contributed by atoms with E-state index in [1.54, 1.807) is 12.1 Å². The number of rotatable bonds is 8. The van der Waals surface area contributed by atoms with Crippen LogP contribution in [0.3, 0.4) is 0 Å². The quantitative estimate of drug-likeness (QED) is 0.341. The second-order valence-electron chi connectivity index (χ2n) is 5.68. The number of hydrogen-bond acceptors (Lipinski definition) is 6. The van der Waals surface area contributed by atoms with Gasteiger partial charge in [0.05, 0.1) is 6.61 Å². The second kappa shape index (κ2) is 9.48. The number of benzene rings is 2. The Morgan fingerprint density at radius 1 is 0.962 bits per heavy atom. The minimum absolute atomic E-state index is 0.0160. The smallest absolute Gasteiger partial charge is 0.331 e. The Labute approximate surface area is 152 Å². The first-order valence-electron chi connectivity index (χ1n) is 8.18. The zero-order valence-electron chi connectivity index (χ0n) is 14.8. The first-order valence-corrected chi connectivity index (χ1v) is 8.18. The highest BCUT2D eigenvalue weighted by Gasteiger charge is 2.11. The van der Waals surface area contributed by atoms with E-state index >= 15 is 0 Å². The van der Waals surface area contributed by atoms with Crippen LogP contribution in [0.15, 0.2) is 53.7 Å².